The summed E-state index contributed by atoms with van der Waals surface area (Å²) < 4.78 is 0. The maximum atomic E-state index is 10.8. The molecule has 14 heavy (non-hydrogen) atoms. The van der Waals surface area contributed by atoms with E-state index in [1.807, 2.05) is 0 Å². The number of aliphatic carboxylic acids is 1. The van der Waals surface area contributed by atoms with Crippen molar-refractivity contribution in [2.24, 2.45) is 5.41 Å². The van der Waals surface area contributed by atoms with Gasteiger partial charge in [0.1, 0.15) is 0 Å². The molecule has 0 spiro atoms. The number of hydrogen-bond donors (Lipinski definition) is 2. The summed E-state index contributed by atoms with van der Waals surface area (Å²) in [5.74, 6) is -0.972. The first-order chi connectivity index (χ1) is 6.34. The topological polar surface area (TPSA) is 77.8 Å². The molecule has 5 nitrogen and oxygen atoms in total. The van der Waals surface area contributed by atoms with Crippen molar-refractivity contribution < 1.29 is 19.8 Å². The second-order valence-electron chi connectivity index (χ2n) is 3.97. The molecule has 0 radical (unpaired) electrons. The van der Waals surface area contributed by atoms with Gasteiger partial charge in [-0.1, -0.05) is 19.9 Å². The van der Waals surface area contributed by atoms with E-state index < -0.39 is 17.5 Å². The summed E-state index contributed by atoms with van der Waals surface area (Å²) in [6.07, 6.45) is 0.443. The largest absolute Gasteiger partial charge is 0.478 e. The lowest BCUT2D eigenvalue weighted by Gasteiger charge is -2.35. The van der Waals surface area contributed by atoms with Gasteiger partial charge in [-0.2, -0.15) is 0 Å². The van der Waals surface area contributed by atoms with Crippen LogP contribution in [0.25, 0.3) is 0 Å². The van der Waals surface area contributed by atoms with E-state index in [1.54, 1.807) is 13.8 Å². The molecule has 0 aliphatic carbocycles. The Kier molecular flexibility index (Phi) is 2.51. The maximum Gasteiger partial charge on any atom is 0.407 e. The van der Waals surface area contributed by atoms with Crippen LogP contribution in [0.4, 0.5) is 4.79 Å². The normalized spacial score (nSPS) is 20.1. The first-order valence-corrected chi connectivity index (χ1v) is 4.26. The van der Waals surface area contributed by atoms with Gasteiger partial charge in [0.25, 0.3) is 0 Å². The zero-order chi connectivity index (χ0) is 10.9. The van der Waals surface area contributed by atoms with E-state index in [0.717, 1.165) is 0 Å². The molecule has 1 heterocycles. The van der Waals surface area contributed by atoms with Crippen molar-refractivity contribution in [1.29, 1.82) is 0 Å². The van der Waals surface area contributed by atoms with Gasteiger partial charge in [-0.25, -0.2) is 9.59 Å². The van der Waals surface area contributed by atoms with Crippen LogP contribution in [0.3, 0.4) is 0 Å². The van der Waals surface area contributed by atoms with Crippen molar-refractivity contribution in [1.82, 2.24) is 4.90 Å². The fourth-order valence-corrected chi connectivity index (χ4v) is 1.63. The number of carbonyl (C=O) groups is 2. The monoisotopic (exact) mass is 199 g/mol. The number of nitrogens with zero attached hydrogens (tertiary/aromatic N) is 1. The van der Waals surface area contributed by atoms with Crippen LogP contribution in [0.15, 0.2) is 11.6 Å². The van der Waals surface area contributed by atoms with Gasteiger partial charge < -0.3 is 15.1 Å². The predicted molar refractivity (Wildman–Crippen MR) is 49.1 cm³/mol. The van der Waals surface area contributed by atoms with Crippen LogP contribution in [0, 0.1) is 5.41 Å². The summed E-state index contributed by atoms with van der Waals surface area (Å²) in [6.45, 7) is 3.82. The van der Waals surface area contributed by atoms with Crippen LogP contribution in [0.1, 0.15) is 13.8 Å². The van der Waals surface area contributed by atoms with Crippen LogP contribution < -0.4 is 0 Å². The highest BCUT2D eigenvalue weighted by molar-refractivity contribution is 5.88. The molecule has 0 bridgehead atoms. The molecule has 0 saturated heterocycles. The summed E-state index contributed by atoms with van der Waals surface area (Å²) in [4.78, 5) is 22.7. The summed E-state index contributed by atoms with van der Waals surface area (Å²) >= 11 is 0. The van der Waals surface area contributed by atoms with Gasteiger partial charge in [-0.15, -0.1) is 0 Å². The number of amides is 1. The Balaban J connectivity index is 2.93. The van der Waals surface area contributed by atoms with Crippen LogP contribution in [0.5, 0.6) is 0 Å². The minimum absolute atomic E-state index is 0.153. The highest BCUT2D eigenvalue weighted by Crippen LogP contribution is 2.30. The van der Waals surface area contributed by atoms with Crippen molar-refractivity contribution >= 4 is 12.1 Å². The number of carboxylic acids is 1. The van der Waals surface area contributed by atoms with Gasteiger partial charge in [0.15, 0.2) is 0 Å². The van der Waals surface area contributed by atoms with Crippen molar-refractivity contribution in [3.8, 4) is 0 Å². The van der Waals surface area contributed by atoms with E-state index in [2.05, 4.69) is 0 Å². The molecule has 0 aromatic heterocycles. The zero-order valence-electron chi connectivity index (χ0n) is 8.15. The van der Waals surface area contributed by atoms with Crippen LogP contribution >= 0.6 is 0 Å². The molecule has 1 amide bonds. The molecule has 1 aliphatic rings. The molecule has 1 rings (SSSR count). The Morgan fingerprint density at radius 1 is 1.43 bits per heavy atom. The van der Waals surface area contributed by atoms with Gasteiger partial charge in [-0.3, -0.25) is 0 Å². The second kappa shape index (κ2) is 3.32. The van der Waals surface area contributed by atoms with Crippen molar-refractivity contribution in [3.05, 3.63) is 11.6 Å². The highest BCUT2D eigenvalue weighted by Gasteiger charge is 2.35. The molecule has 0 aromatic carbocycles. The van der Waals surface area contributed by atoms with Crippen LogP contribution in [-0.2, 0) is 4.79 Å². The van der Waals surface area contributed by atoms with E-state index in [4.69, 9.17) is 10.2 Å². The molecule has 0 saturated carbocycles. The van der Waals surface area contributed by atoms with Crippen molar-refractivity contribution in [2.75, 3.05) is 13.1 Å². The average Bonchev–Trinajstić information content (AvgIpc) is 2.01. The van der Waals surface area contributed by atoms with Crippen LogP contribution in [-0.4, -0.2) is 40.3 Å². The zero-order valence-corrected chi connectivity index (χ0v) is 8.15. The molecule has 0 unspecified atom stereocenters. The van der Waals surface area contributed by atoms with Gasteiger partial charge in [0, 0.05) is 24.1 Å². The minimum atomic E-state index is -1.02. The number of carboxylic acid groups (broad SMARTS) is 2. The Morgan fingerprint density at radius 2 is 2.00 bits per heavy atom. The lowest BCUT2D eigenvalue weighted by molar-refractivity contribution is -0.134. The van der Waals surface area contributed by atoms with Crippen molar-refractivity contribution in [3.63, 3.8) is 0 Å². The minimum Gasteiger partial charge on any atom is -0.478 e. The third kappa shape index (κ3) is 1.86. The molecule has 1 aliphatic heterocycles. The van der Waals surface area contributed by atoms with Gasteiger partial charge in [0.05, 0.1) is 0 Å². The number of hydrogen-bond acceptors (Lipinski definition) is 2. The Hall–Kier alpha value is -1.52. The molecule has 0 fully saturated rings. The van der Waals surface area contributed by atoms with E-state index in [0.29, 0.717) is 0 Å². The Morgan fingerprint density at radius 3 is 2.36 bits per heavy atom. The summed E-state index contributed by atoms with van der Waals surface area (Å²) in [5, 5.41) is 17.6. The van der Waals surface area contributed by atoms with E-state index >= 15 is 0 Å². The maximum absolute atomic E-state index is 10.8. The molecule has 78 valence electrons. The predicted octanol–water partition coefficient (Wildman–Crippen LogP) is 1.02. The fraction of sp³-hybridized carbons (Fsp3) is 0.556. The van der Waals surface area contributed by atoms with Gasteiger partial charge >= 0.3 is 12.1 Å². The third-order valence-electron chi connectivity index (χ3n) is 2.33. The summed E-state index contributed by atoms with van der Waals surface area (Å²) in [7, 11) is 0. The summed E-state index contributed by atoms with van der Waals surface area (Å²) in [5.41, 5.74) is -0.336. The van der Waals surface area contributed by atoms with E-state index in [9.17, 15) is 9.59 Å². The molecule has 0 aromatic rings. The molecular weight excluding hydrogens is 186 g/mol. The highest BCUT2D eigenvalue weighted by atomic mass is 16.4. The molecular formula is C9H13NO4. The molecule has 0 atom stereocenters. The Bertz CT molecular complexity index is 306. The SMILES string of the molecule is CC1(C)CN(C(=O)O)CC=C1C(=O)O. The Labute approximate surface area is 81.6 Å². The van der Waals surface area contributed by atoms with E-state index in [1.165, 1.54) is 11.0 Å². The van der Waals surface area contributed by atoms with E-state index in [-0.39, 0.29) is 18.7 Å². The first kappa shape index (κ1) is 10.6. The smallest absolute Gasteiger partial charge is 0.407 e. The summed E-state index contributed by atoms with van der Waals surface area (Å²) in [6, 6.07) is 0. The standard InChI is InChI=1S/C9H13NO4/c1-9(2)5-10(8(13)14)4-3-6(9)7(11)12/h3H,4-5H2,1-2H3,(H,11,12)(H,13,14). The third-order valence-corrected chi connectivity index (χ3v) is 2.33. The fourth-order valence-electron chi connectivity index (χ4n) is 1.63. The molecule has 2 N–H and O–H groups in total. The second-order valence-corrected chi connectivity index (χ2v) is 3.97. The van der Waals surface area contributed by atoms with Crippen LogP contribution in [0.2, 0.25) is 0 Å². The van der Waals surface area contributed by atoms with Gasteiger partial charge in [0.2, 0.25) is 0 Å². The molecule has 5 heteroatoms. The number of rotatable bonds is 1. The quantitative estimate of drug-likeness (QED) is 0.660. The van der Waals surface area contributed by atoms with Crippen molar-refractivity contribution in [2.45, 2.75) is 13.8 Å². The lowest BCUT2D eigenvalue weighted by atomic mass is 9.81. The average molecular weight is 199 g/mol. The van der Waals surface area contributed by atoms with Gasteiger partial charge in [-0.05, 0) is 0 Å². The first-order valence-electron chi connectivity index (χ1n) is 4.26. The lowest BCUT2D eigenvalue weighted by Crippen LogP contribution is -2.44.